The number of likely N-dealkylation sites (tertiary alicyclic amines) is 1. The van der Waals surface area contributed by atoms with Crippen LogP contribution in [0.2, 0.25) is 0 Å². The molecule has 0 bridgehead atoms. The first-order chi connectivity index (χ1) is 10.8. The number of halogens is 1. The second-order valence-corrected chi connectivity index (χ2v) is 7.65. The summed E-state index contributed by atoms with van der Waals surface area (Å²) < 4.78 is 14.0. The summed E-state index contributed by atoms with van der Waals surface area (Å²) in [5, 5.41) is 3.45. The van der Waals surface area contributed by atoms with Crippen molar-refractivity contribution >= 4 is 0 Å². The zero-order valence-electron chi connectivity index (χ0n) is 15.3. The molecule has 2 rings (SSSR count). The lowest BCUT2D eigenvalue weighted by Crippen LogP contribution is -2.55. The SMILES string of the molecule is Cc1cccc(CNCC(C)(C)N2CCC(N(C)C)CC2)c1F. The topological polar surface area (TPSA) is 18.5 Å². The molecule has 0 amide bonds. The van der Waals surface area contributed by atoms with Crippen LogP contribution < -0.4 is 5.32 Å². The van der Waals surface area contributed by atoms with Gasteiger partial charge >= 0.3 is 0 Å². The van der Waals surface area contributed by atoms with Crippen molar-refractivity contribution in [2.24, 2.45) is 0 Å². The Morgan fingerprint density at radius 1 is 1.26 bits per heavy atom. The van der Waals surface area contributed by atoms with Gasteiger partial charge in [0.25, 0.3) is 0 Å². The normalized spacial score (nSPS) is 17.9. The Balaban J connectivity index is 1.83. The average molecular weight is 321 g/mol. The molecule has 1 heterocycles. The molecule has 0 unspecified atom stereocenters. The molecule has 0 atom stereocenters. The smallest absolute Gasteiger partial charge is 0.130 e. The fraction of sp³-hybridized carbons (Fsp3) is 0.684. The molecule has 1 aliphatic rings. The lowest BCUT2D eigenvalue weighted by atomic mass is 9.95. The molecule has 4 heteroatoms. The van der Waals surface area contributed by atoms with Crippen LogP contribution >= 0.6 is 0 Å². The summed E-state index contributed by atoms with van der Waals surface area (Å²) in [5.41, 5.74) is 1.57. The largest absolute Gasteiger partial charge is 0.311 e. The average Bonchev–Trinajstić information content (AvgIpc) is 2.51. The molecule has 1 fully saturated rings. The second-order valence-electron chi connectivity index (χ2n) is 7.65. The van der Waals surface area contributed by atoms with E-state index in [1.54, 1.807) is 0 Å². The third kappa shape index (κ3) is 4.75. The van der Waals surface area contributed by atoms with E-state index in [9.17, 15) is 4.39 Å². The van der Waals surface area contributed by atoms with Crippen molar-refractivity contribution in [3.05, 3.63) is 35.1 Å². The van der Waals surface area contributed by atoms with Crippen molar-refractivity contribution in [3.63, 3.8) is 0 Å². The molecular formula is C19H32FN3. The van der Waals surface area contributed by atoms with E-state index in [1.807, 2.05) is 25.1 Å². The number of rotatable bonds is 6. The second kappa shape index (κ2) is 7.73. The quantitative estimate of drug-likeness (QED) is 0.869. The molecule has 0 aliphatic carbocycles. The third-order valence-electron chi connectivity index (χ3n) is 5.20. The fourth-order valence-electron chi connectivity index (χ4n) is 3.45. The van der Waals surface area contributed by atoms with Gasteiger partial charge < -0.3 is 10.2 Å². The van der Waals surface area contributed by atoms with Gasteiger partial charge in [-0.2, -0.15) is 0 Å². The predicted octanol–water partition coefficient (Wildman–Crippen LogP) is 3.03. The molecule has 1 aliphatic heterocycles. The molecule has 0 saturated carbocycles. The molecule has 0 radical (unpaired) electrons. The highest BCUT2D eigenvalue weighted by atomic mass is 19.1. The van der Waals surface area contributed by atoms with Crippen LogP contribution in [0.4, 0.5) is 4.39 Å². The van der Waals surface area contributed by atoms with E-state index in [0.29, 0.717) is 18.2 Å². The zero-order valence-corrected chi connectivity index (χ0v) is 15.3. The molecule has 0 aromatic heterocycles. The number of hydrogen-bond donors (Lipinski definition) is 1. The molecule has 1 aromatic rings. The number of benzene rings is 1. The summed E-state index contributed by atoms with van der Waals surface area (Å²) in [5.74, 6) is -0.0791. The Hall–Kier alpha value is -0.970. The maximum absolute atomic E-state index is 14.0. The van der Waals surface area contributed by atoms with Crippen molar-refractivity contribution in [1.82, 2.24) is 15.1 Å². The summed E-state index contributed by atoms with van der Waals surface area (Å²) >= 11 is 0. The highest BCUT2D eigenvalue weighted by Crippen LogP contribution is 2.22. The van der Waals surface area contributed by atoms with Crippen molar-refractivity contribution < 1.29 is 4.39 Å². The molecule has 1 aromatic carbocycles. The summed E-state index contributed by atoms with van der Waals surface area (Å²) in [7, 11) is 4.34. The molecule has 130 valence electrons. The van der Waals surface area contributed by atoms with Crippen LogP contribution in [-0.2, 0) is 6.54 Å². The van der Waals surface area contributed by atoms with Crippen molar-refractivity contribution in [2.45, 2.75) is 51.7 Å². The van der Waals surface area contributed by atoms with Gasteiger partial charge in [0.15, 0.2) is 0 Å². The van der Waals surface area contributed by atoms with Gasteiger partial charge in [-0.1, -0.05) is 18.2 Å². The molecule has 0 spiro atoms. The molecule has 1 saturated heterocycles. The molecule has 23 heavy (non-hydrogen) atoms. The van der Waals surface area contributed by atoms with E-state index < -0.39 is 0 Å². The minimum atomic E-state index is -0.0791. The number of aryl methyl sites for hydroxylation is 1. The van der Waals surface area contributed by atoms with Crippen LogP contribution in [0.5, 0.6) is 0 Å². The number of nitrogens with one attached hydrogen (secondary N) is 1. The van der Waals surface area contributed by atoms with Gasteiger partial charge in [0.05, 0.1) is 0 Å². The lowest BCUT2D eigenvalue weighted by molar-refractivity contribution is 0.0616. The van der Waals surface area contributed by atoms with E-state index in [-0.39, 0.29) is 11.4 Å². The Labute approximate surface area is 140 Å². The summed E-state index contributed by atoms with van der Waals surface area (Å²) in [6, 6.07) is 6.31. The Morgan fingerprint density at radius 3 is 2.52 bits per heavy atom. The first kappa shape index (κ1) is 18.4. The van der Waals surface area contributed by atoms with E-state index in [1.165, 1.54) is 12.8 Å². The Bertz CT molecular complexity index is 505. The first-order valence-electron chi connectivity index (χ1n) is 8.67. The van der Waals surface area contributed by atoms with Crippen LogP contribution in [-0.4, -0.2) is 55.1 Å². The van der Waals surface area contributed by atoms with Crippen LogP contribution in [0.25, 0.3) is 0 Å². The van der Waals surface area contributed by atoms with Crippen LogP contribution in [0.1, 0.15) is 37.8 Å². The van der Waals surface area contributed by atoms with Gasteiger partial charge in [-0.05, 0) is 53.3 Å². The van der Waals surface area contributed by atoms with Gasteiger partial charge in [0.1, 0.15) is 5.82 Å². The van der Waals surface area contributed by atoms with E-state index in [2.05, 4.69) is 43.1 Å². The van der Waals surface area contributed by atoms with Crippen LogP contribution in [0.15, 0.2) is 18.2 Å². The summed E-state index contributed by atoms with van der Waals surface area (Å²) in [6.45, 7) is 10.1. The highest BCUT2D eigenvalue weighted by molar-refractivity contribution is 5.24. The van der Waals surface area contributed by atoms with Gasteiger partial charge in [-0.25, -0.2) is 4.39 Å². The van der Waals surface area contributed by atoms with E-state index in [4.69, 9.17) is 0 Å². The monoisotopic (exact) mass is 321 g/mol. The van der Waals surface area contributed by atoms with E-state index in [0.717, 1.165) is 25.2 Å². The standard InChI is InChI=1S/C19H32FN3/c1-15-7-6-8-16(18(15)20)13-21-14-19(2,3)23-11-9-17(10-12-23)22(4)5/h6-8,17,21H,9-14H2,1-5H3. The maximum Gasteiger partial charge on any atom is 0.130 e. The molecular weight excluding hydrogens is 289 g/mol. The lowest BCUT2D eigenvalue weighted by Gasteiger charge is -2.44. The van der Waals surface area contributed by atoms with Crippen molar-refractivity contribution in [1.29, 1.82) is 0 Å². The minimum Gasteiger partial charge on any atom is -0.311 e. The highest BCUT2D eigenvalue weighted by Gasteiger charge is 2.30. The number of hydrogen-bond acceptors (Lipinski definition) is 3. The van der Waals surface area contributed by atoms with Crippen LogP contribution in [0, 0.1) is 12.7 Å². The zero-order chi connectivity index (χ0) is 17.0. The van der Waals surface area contributed by atoms with Crippen LogP contribution in [0.3, 0.4) is 0 Å². The predicted molar refractivity (Wildman–Crippen MR) is 95.2 cm³/mol. The fourth-order valence-corrected chi connectivity index (χ4v) is 3.45. The van der Waals surface area contributed by atoms with Gasteiger partial charge in [-0.3, -0.25) is 4.90 Å². The molecule has 3 nitrogen and oxygen atoms in total. The van der Waals surface area contributed by atoms with Gasteiger partial charge in [0.2, 0.25) is 0 Å². The minimum absolute atomic E-state index is 0.0791. The Morgan fingerprint density at radius 2 is 1.91 bits per heavy atom. The molecule has 1 N–H and O–H groups in total. The maximum atomic E-state index is 14.0. The van der Waals surface area contributed by atoms with Gasteiger partial charge in [0, 0.05) is 43.3 Å². The van der Waals surface area contributed by atoms with E-state index >= 15 is 0 Å². The van der Waals surface area contributed by atoms with Crippen molar-refractivity contribution in [2.75, 3.05) is 33.7 Å². The Kier molecular flexibility index (Phi) is 6.18. The third-order valence-corrected chi connectivity index (χ3v) is 5.20. The number of nitrogens with zero attached hydrogens (tertiary/aromatic N) is 2. The summed E-state index contributed by atoms with van der Waals surface area (Å²) in [6.07, 6.45) is 2.45. The first-order valence-corrected chi connectivity index (χ1v) is 8.67. The summed E-state index contributed by atoms with van der Waals surface area (Å²) in [4.78, 5) is 4.90. The van der Waals surface area contributed by atoms with Crippen molar-refractivity contribution in [3.8, 4) is 0 Å². The number of piperidine rings is 1. The van der Waals surface area contributed by atoms with Gasteiger partial charge in [-0.15, -0.1) is 0 Å².